The predicted octanol–water partition coefficient (Wildman–Crippen LogP) is 1.63. The molecular formula is C12H18N2O3. The monoisotopic (exact) mass is 238 g/mol. The smallest absolute Gasteiger partial charge is 0.164 e. The van der Waals surface area contributed by atoms with Crippen LogP contribution in [0, 0.1) is 0 Å². The highest BCUT2D eigenvalue weighted by Gasteiger charge is 2.47. The summed E-state index contributed by atoms with van der Waals surface area (Å²) in [6.07, 6.45) is 3.94. The maximum atomic E-state index is 10.6. The van der Waals surface area contributed by atoms with Gasteiger partial charge < -0.3 is 9.47 Å². The number of aldehydes is 1. The fraction of sp³-hybridized carbons (Fsp3) is 0.667. The van der Waals surface area contributed by atoms with Crippen molar-refractivity contribution in [1.82, 2.24) is 9.78 Å². The van der Waals surface area contributed by atoms with Crippen LogP contribution in [-0.2, 0) is 16.0 Å². The summed E-state index contributed by atoms with van der Waals surface area (Å²) in [5.74, 6) is -0.575. The minimum absolute atomic E-state index is 0.0862. The van der Waals surface area contributed by atoms with Crippen molar-refractivity contribution in [2.24, 2.45) is 0 Å². The van der Waals surface area contributed by atoms with Gasteiger partial charge in [0.15, 0.2) is 12.1 Å². The van der Waals surface area contributed by atoms with Gasteiger partial charge in [0, 0.05) is 6.20 Å². The summed E-state index contributed by atoms with van der Waals surface area (Å²) in [5, 5.41) is 4.11. The first-order valence-corrected chi connectivity index (χ1v) is 5.68. The van der Waals surface area contributed by atoms with E-state index in [1.54, 1.807) is 17.1 Å². The van der Waals surface area contributed by atoms with Gasteiger partial charge in [0.05, 0.1) is 23.9 Å². The Morgan fingerprint density at radius 3 is 2.65 bits per heavy atom. The van der Waals surface area contributed by atoms with Crippen LogP contribution in [0.25, 0.3) is 0 Å². The van der Waals surface area contributed by atoms with Crippen LogP contribution in [0.4, 0.5) is 0 Å². The maximum absolute atomic E-state index is 10.6. The van der Waals surface area contributed by atoms with Crippen LogP contribution in [0.2, 0.25) is 0 Å². The average Bonchev–Trinajstić information content (AvgIpc) is 2.69. The molecule has 1 unspecified atom stereocenters. The predicted molar refractivity (Wildman–Crippen MR) is 61.7 cm³/mol. The van der Waals surface area contributed by atoms with E-state index in [1.807, 2.05) is 27.7 Å². The quantitative estimate of drug-likeness (QED) is 0.751. The molecule has 0 aromatic carbocycles. The van der Waals surface area contributed by atoms with Crippen LogP contribution in [-0.4, -0.2) is 33.6 Å². The van der Waals surface area contributed by atoms with Crippen LogP contribution in [0.1, 0.15) is 38.1 Å². The van der Waals surface area contributed by atoms with E-state index in [4.69, 9.17) is 9.47 Å². The van der Waals surface area contributed by atoms with E-state index in [1.165, 1.54) is 0 Å². The Kier molecular flexibility index (Phi) is 2.83. The number of ether oxygens (including phenoxy) is 2. The molecule has 1 aliphatic rings. The highest BCUT2D eigenvalue weighted by atomic mass is 16.8. The van der Waals surface area contributed by atoms with Gasteiger partial charge in [-0.25, -0.2) is 0 Å². The molecule has 5 heteroatoms. The summed E-state index contributed by atoms with van der Waals surface area (Å²) in [6, 6.07) is 0. The van der Waals surface area contributed by atoms with Crippen molar-refractivity contribution in [3.63, 3.8) is 0 Å². The van der Waals surface area contributed by atoms with Crippen molar-refractivity contribution >= 4 is 6.29 Å². The van der Waals surface area contributed by atoms with Crippen LogP contribution >= 0.6 is 0 Å². The zero-order chi connectivity index (χ0) is 12.7. The highest BCUT2D eigenvalue weighted by Crippen LogP contribution is 2.36. The van der Waals surface area contributed by atoms with Crippen LogP contribution in [0.15, 0.2) is 12.4 Å². The Bertz CT molecular complexity index is 423. The van der Waals surface area contributed by atoms with E-state index in [9.17, 15) is 4.79 Å². The van der Waals surface area contributed by atoms with Crippen molar-refractivity contribution in [2.75, 3.05) is 0 Å². The fourth-order valence-electron chi connectivity index (χ4n) is 2.18. The molecule has 0 amide bonds. The van der Waals surface area contributed by atoms with Gasteiger partial charge in [0.1, 0.15) is 6.10 Å². The summed E-state index contributed by atoms with van der Waals surface area (Å²) in [7, 11) is 0. The Balaban J connectivity index is 2.11. The SMILES string of the molecule is CC1(C)OC(Cn2cc(C=O)cn2)C(C)(C)O1. The van der Waals surface area contributed by atoms with E-state index in [0.29, 0.717) is 12.1 Å². The lowest BCUT2D eigenvalue weighted by molar-refractivity contribution is -0.157. The van der Waals surface area contributed by atoms with Gasteiger partial charge in [-0.05, 0) is 27.7 Å². The lowest BCUT2D eigenvalue weighted by Gasteiger charge is -2.23. The van der Waals surface area contributed by atoms with Gasteiger partial charge in [0.2, 0.25) is 0 Å². The van der Waals surface area contributed by atoms with E-state index >= 15 is 0 Å². The van der Waals surface area contributed by atoms with Crippen LogP contribution in [0.5, 0.6) is 0 Å². The summed E-state index contributed by atoms with van der Waals surface area (Å²) in [5.41, 5.74) is 0.206. The molecule has 1 aliphatic heterocycles. The third kappa shape index (κ3) is 2.56. The lowest BCUT2D eigenvalue weighted by Crippen LogP contribution is -2.36. The molecule has 0 saturated carbocycles. The molecule has 0 radical (unpaired) electrons. The van der Waals surface area contributed by atoms with Gasteiger partial charge >= 0.3 is 0 Å². The normalized spacial score (nSPS) is 26.0. The number of aromatic nitrogens is 2. The summed E-state index contributed by atoms with van der Waals surface area (Å²) >= 11 is 0. The van der Waals surface area contributed by atoms with Crippen LogP contribution in [0.3, 0.4) is 0 Å². The van der Waals surface area contributed by atoms with Gasteiger partial charge in [-0.2, -0.15) is 5.10 Å². The maximum Gasteiger partial charge on any atom is 0.164 e. The van der Waals surface area contributed by atoms with Crippen molar-refractivity contribution in [3.05, 3.63) is 18.0 Å². The third-order valence-electron chi connectivity index (χ3n) is 2.85. The van der Waals surface area contributed by atoms with Crippen molar-refractivity contribution in [1.29, 1.82) is 0 Å². The van der Waals surface area contributed by atoms with E-state index in [0.717, 1.165) is 6.29 Å². The molecule has 0 spiro atoms. The van der Waals surface area contributed by atoms with Crippen molar-refractivity contribution in [3.8, 4) is 0 Å². The van der Waals surface area contributed by atoms with E-state index < -0.39 is 5.79 Å². The number of hydrogen-bond acceptors (Lipinski definition) is 4. The molecule has 2 heterocycles. The summed E-state index contributed by atoms with van der Waals surface area (Å²) < 4.78 is 13.4. The molecule has 94 valence electrons. The number of hydrogen-bond donors (Lipinski definition) is 0. The van der Waals surface area contributed by atoms with Gasteiger partial charge in [-0.3, -0.25) is 9.48 Å². The first-order valence-electron chi connectivity index (χ1n) is 5.68. The minimum Gasteiger partial charge on any atom is -0.342 e. The molecule has 1 fully saturated rings. The molecule has 17 heavy (non-hydrogen) atoms. The first-order chi connectivity index (χ1) is 7.82. The molecular weight excluding hydrogens is 220 g/mol. The average molecular weight is 238 g/mol. The second-order valence-electron chi connectivity index (χ2n) is 5.33. The molecule has 2 rings (SSSR count). The Morgan fingerprint density at radius 1 is 1.47 bits per heavy atom. The van der Waals surface area contributed by atoms with Gasteiger partial charge in [0.25, 0.3) is 0 Å². The van der Waals surface area contributed by atoms with E-state index in [2.05, 4.69) is 5.10 Å². The number of carbonyl (C=O) groups is 1. The molecule has 1 aromatic rings. The Morgan fingerprint density at radius 2 is 2.18 bits per heavy atom. The Labute approximate surface area is 101 Å². The zero-order valence-corrected chi connectivity index (χ0v) is 10.6. The van der Waals surface area contributed by atoms with Crippen LogP contribution < -0.4 is 0 Å². The molecule has 1 aromatic heterocycles. The second kappa shape index (κ2) is 3.92. The third-order valence-corrected chi connectivity index (χ3v) is 2.85. The molecule has 0 N–H and O–H groups in total. The standard InChI is InChI=1S/C12H18N2O3/c1-11(2)10(16-12(3,4)17-11)7-14-6-9(8-15)5-13-14/h5-6,8,10H,7H2,1-4H3. The van der Waals surface area contributed by atoms with Crippen molar-refractivity contribution < 1.29 is 14.3 Å². The molecule has 5 nitrogen and oxygen atoms in total. The minimum atomic E-state index is -0.575. The number of rotatable bonds is 3. The largest absolute Gasteiger partial charge is 0.342 e. The fourth-order valence-corrected chi connectivity index (χ4v) is 2.18. The highest BCUT2D eigenvalue weighted by molar-refractivity contribution is 5.73. The van der Waals surface area contributed by atoms with E-state index in [-0.39, 0.29) is 11.7 Å². The molecule has 0 bridgehead atoms. The molecule has 1 atom stereocenters. The van der Waals surface area contributed by atoms with Crippen molar-refractivity contribution in [2.45, 2.75) is 51.7 Å². The lowest BCUT2D eigenvalue weighted by atomic mass is 10.0. The number of nitrogens with zero attached hydrogens (tertiary/aromatic N) is 2. The van der Waals surface area contributed by atoms with Gasteiger partial charge in [-0.1, -0.05) is 0 Å². The second-order valence-corrected chi connectivity index (χ2v) is 5.33. The first kappa shape index (κ1) is 12.3. The summed E-state index contributed by atoms with van der Waals surface area (Å²) in [4.78, 5) is 10.6. The van der Waals surface area contributed by atoms with Gasteiger partial charge in [-0.15, -0.1) is 0 Å². The molecule has 0 aliphatic carbocycles. The topological polar surface area (TPSA) is 53.4 Å². The Hall–Kier alpha value is -1.20. The number of carbonyl (C=O) groups excluding carboxylic acids is 1. The zero-order valence-electron chi connectivity index (χ0n) is 10.6. The summed E-state index contributed by atoms with van der Waals surface area (Å²) in [6.45, 7) is 8.36. The molecule has 1 saturated heterocycles.